The van der Waals surface area contributed by atoms with Gasteiger partial charge in [-0.1, -0.05) is 24.3 Å². The van der Waals surface area contributed by atoms with Crippen LogP contribution >= 0.6 is 0 Å². The van der Waals surface area contributed by atoms with Crippen LogP contribution in [0.25, 0.3) is 11.4 Å². The number of imidazole rings is 1. The van der Waals surface area contributed by atoms with Gasteiger partial charge in [0.25, 0.3) is 0 Å². The molecule has 0 aliphatic heterocycles. The summed E-state index contributed by atoms with van der Waals surface area (Å²) in [6.07, 6.45) is -2.77. The summed E-state index contributed by atoms with van der Waals surface area (Å²) in [6, 6.07) is 6.45. The summed E-state index contributed by atoms with van der Waals surface area (Å²) in [5.41, 5.74) is 1.88. The molecule has 2 aromatic rings. The average molecular weight is 396 g/mol. The highest BCUT2D eigenvalue weighted by Crippen LogP contribution is 2.32. The van der Waals surface area contributed by atoms with Crippen LogP contribution in [0.15, 0.2) is 35.6 Å². The van der Waals surface area contributed by atoms with E-state index < -0.39 is 23.6 Å². The fraction of sp³-hybridized carbons (Fsp3) is 0.421. The fourth-order valence-electron chi connectivity index (χ4n) is 2.32. The molecular formula is C19H23F3N4O2. The number of amides is 1. The molecule has 1 amide bonds. The Labute approximate surface area is 161 Å². The first-order valence-corrected chi connectivity index (χ1v) is 8.65. The Balaban J connectivity index is 2.16. The summed E-state index contributed by atoms with van der Waals surface area (Å²) in [7, 11) is 0. The number of ether oxygens (including phenoxy) is 1. The third-order valence-electron chi connectivity index (χ3n) is 3.52. The second-order valence-corrected chi connectivity index (χ2v) is 7.44. The van der Waals surface area contributed by atoms with Gasteiger partial charge in [0.05, 0.1) is 6.21 Å². The van der Waals surface area contributed by atoms with Crippen molar-refractivity contribution in [1.82, 2.24) is 15.0 Å². The smallest absolute Gasteiger partial charge is 0.434 e. The lowest BCUT2D eigenvalue weighted by Crippen LogP contribution is -2.29. The van der Waals surface area contributed by atoms with Crippen LogP contribution in [0.2, 0.25) is 0 Å². The molecule has 9 heteroatoms. The Morgan fingerprint density at radius 2 is 1.82 bits per heavy atom. The molecule has 0 saturated carbocycles. The number of halogens is 3. The maximum atomic E-state index is 13.0. The number of carbonyl (C=O) groups is 1. The van der Waals surface area contributed by atoms with E-state index in [0.717, 1.165) is 6.20 Å². The zero-order valence-corrected chi connectivity index (χ0v) is 16.3. The molecule has 1 N–H and O–H groups in total. The Hall–Kier alpha value is -2.84. The van der Waals surface area contributed by atoms with Gasteiger partial charge in [-0.25, -0.2) is 15.2 Å². The second-order valence-electron chi connectivity index (χ2n) is 7.44. The summed E-state index contributed by atoms with van der Waals surface area (Å²) in [4.78, 5) is 15.3. The van der Waals surface area contributed by atoms with Gasteiger partial charge in [-0.05, 0) is 40.2 Å². The van der Waals surface area contributed by atoms with Crippen LogP contribution in [0.3, 0.4) is 0 Å². The van der Waals surface area contributed by atoms with Crippen molar-refractivity contribution >= 4 is 12.3 Å². The average Bonchev–Trinajstić information content (AvgIpc) is 2.99. The highest BCUT2D eigenvalue weighted by molar-refractivity contribution is 5.81. The van der Waals surface area contributed by atoms with Crippen LogP contribution < -0.4 is 5.43 Å². The number of benzene rings is 1. The number of hydrogen-bond donors (Lipinski definition) is 1. The number of carbonyl (C=O) groups excluding carboxylic acids is 1. The molecule has 0 spiro atoms. The predicted molar refractivity (Wildman–Crippen MR) is 100 cm³/mol. The molecule has 0 aliphatic carbocycles. The molecule has 1 aromatic heterocycles. The zero-order valence-electron chi connectivity index (χ0n) is 16.3. The Kier molecular flexibility index (Phi) is 6.16. The predicted octanol–water partition coefficient (Wildman–Crippen LogP) is 5.01. The SMILES string of the molecule is CC(C)n1cc(C(F)(F)F)nc1-c1ccc(C=NNC(=O)OC(C)(C)C)cc1. The van der Waals surface area contributed by atoms with E-state index in [1.165, 1.54) is 10.8 Å². The minimum absolute atomic E-state index is 0.183. The summed E-state index contributed by atoms with van der Waals surface area (Å²) in [5.74, 6) is 0.234. The largest absolute Gasteiger partial charge is 0.443 e. The minimum atomic E-state index is -4.51. The van der Waals surface area contributed by atoms with Gasteiger partial charge in [0, 0.05) is 17.8 Å². The number of alkyl halides is 3. The van der Waals surface area contributed by atoms with Gasteiger partial charge in [-0.2, -0.15) is 18.3 Å². The lowest BCUT2D eigenvalue weighted by atomic mass is 10.1. The minimum Gasteiger partial charge on any atom is -0.443 e. The highest BCUT2D eigenvalue weighted by atomic mass is 19.4. The summed E-state index contributed by atoms with van der Waals surface area (Å²) in [5, 5.41) is 3.79. The van der Waals surface area contributed by atoms with Crippen molar-refractivity contribution in [3.63, 3.8) is 0 Å². The fourth-order valence-corrected chi connectivity index (χ4v) is 2.32. The molecule has 152 valence electrons. The van der Waals surface area contributed by atoms with Gasteiger partial charge in [-0.3, -0.25) is 0 Å². The normalized spacial score (nSPS) is 12.6. The van der Waals surface area contributed by atoms with Crippen LogP contribution in [0.5, 0.6) is 0 Å². The summed E-state index contributed by atoms with van der Waals surface area (Å²) in [6.45, 7) is 8.78. The molecular weight excluding hydrogens is 373 g/mol. The quantitative estimate of drug-likeness (QED) is 0.584. The van der Waals surface area contributed by atoms with Gasteiger partial charge in [0.2, 0.25) is 0 Å². The molecule has 0 atom stereocenters. The van der Waals surface area contributed by atoms with Crippen molar-refractivity contribution in [2.75, 3.05) is 0 Å². The van der Waals surface area contributed by atoms with Crippen molar-refractivity contribution in [3.8, 4) is 11.4 Å². The van der Waals surface area contributed by atoms with Crippen LogP contribution in [0.4, 0.5) is 18.0 Å². The van der Waals surface area contributed by atoms with E-state index in [1.54, 1.807) is 58.9 Å². The van der Waals surface area contributed by atoms with E-state index in [1.807, 2.05) is 0 Å². The van der Waals surface area contributed by atoms with Gasteiger partial charge in [0.15, 0.2) is 5.69 Å². The monoisotopic (exact) mass is 396 g/mol. The topological polar surface area (TPSA) is 68.5 Å². The van der Waals surface area contributed by atoms with Crippen molar-refractivity contribution in [1.29, 1.82) is 0 Å². The Morgan fingerprint density at radius 3 is 2.32 bits per heavy atom. The number of hydrogen-bond acceptors (Lipinski definition) is 4. The summed E-state index contributed by atoms with van der Waals surface area (Å²) < 4.78 is 45.5. The van der Waals surface area contributed by atoms with Crippen molar-refractivity contribution in [3.05, 3.63) is 41.7 Å². The Morgan fingerprint density at radius 1 is 1.21 bits per heavy atom. The first-order chi connectivity index (χ1) is 12.9. The molecule has 0 saturated heterocycles. The lowest BCUT2D eigenvalue weighted by molar-refractivity contribution is -0.140. The molecule has 0 bridgehead atoms. The molecule has 2 rings (SSSR count). The molecule has 1 aromatic carbocycles. The van der Waals surface area contributed by atoms with E-state index in [0.29, 0.717) is 11.1 Å². The van der Waals surface area contributed by atoms with E-state index in [9.17, 15) is 18.0 Å². The number of nitrogens with one attached hydrogen (secondary N) is 1. The zero-order chi connectivity index (χ0) is 21.1. The first kappa shape index (κ1) is 21.5. The van der Waals surface area contributed by atoms with Crippen LogP contribution in [0, 0.1) is 0 Å². The van der Waals surface area contributed by atoms with Crippen LogP contribution in [-0.2, 0) is 10.9 Å². The van der Waals surface area contributed by atoms with E-state index in [4.69, 9.17) is 4.74 Å². The maximum absolute atomic E-state index is 13.0. The molecule has 6 nitrogen and oxygen atoms in total. The second kappa shape index (κ2) is 8.04. The van der Waals surface area contributed by atoms with Crippen LogP contribution in [-0.4, -0.2) is 27.5 Å². The van der Waals surface area contributed by atoms with Gasteiger partial charge in [-0.15, -0.1) is 0 Å². The number of rotatable bonds is 4. The first-order valence-electron chi connectivity index (χ1n) is 8.65. The van der Waals surface area contributed by atoms with Crippen molar-refractivity contribution in [2.45, 2.75) is 52.4 Å². The van der Waals surface area contributed by atoms with E-state index >= 15 is 0 Å². The molecule has 0 aliphatic rings. The van der Waals surface area contributed by atoms with Crippen molar-refractivity contribution in [2.24, 2.45) is 5.10 Å². The Bertz CT molecular complexity index is 848. The van der Waals surface area contributed by atoms with Gasteiger partial charge in [0.1, 0.15) is 11.4 Å². The molecule has 0 radical (unpaired) electrons. The standard InChI is InChI=1S/C19H23F3N4O2/c1-12(2)26-11-15(19(20,21)22)24-16(26)14-8-6-13(7-9-14)10-23-25-17(27)28-18(3,4)5/h6-12H,1-5H3,(H,25,27). The lowest BCUT2D eigenvalue weighted by Gasteiger charge is -2.18. The van der Waals surface area contributed by atoms with Gasteiger partial charge < -0.3 is 9.30 Å². The molecule has 0 unspecified atom stereocenters. The van der Waals surface area contributed by atoms with Crippen molar-refractivity contribution < 1.29 is 22.7 Å². The number of hydrazone groups is 1. The van der Waals surface area contributed by atoms with E-state index in [2.05, 4.69) is 15.5 Å². The molecule has 0 fully saturated rings. The number of aromatic nitrogens is 2. The van der Waals surface area contributed by atoms with E-state index in [-0.39, 0.29) is 11.9 Å². The maximum Gasteiger partial charge on any atom is 0.434 e. The summed E-state index contributed by atoms with van der Waals surface area (Å²) >= 11 is 0. The number of nitrogens with zero attached hydrogens (tertiary/aromatic N) is 3. The molecule has 28 heavy (non-hydrogen) atoms. The highest BCUT2D eigenvalue weighted by Gasteiger charge is 2.35. The van der Waals surface area contributed by atoms with Gasteiger partial charge >= 0.3 is 12.3 Å². The van der Waals surface area contributed by atoms with Crippen LogP contribution in [0.1, 0.15) is 51.9 Å². The molecule has 1 heterocycles. The third kappa shape index (κ3) is 5.83. The third-order valence-corrected chi connectivity index (χ3v) is 3.52.